The number of nitrogens with zero attached hydrogens (tertiary/aromatic N) is 3. The van der Waals surface area contributed by atoms with Gasteiger partial charge in [-0.1, -0.05) is 36.4 Å². The summed E-state index contributed by atoms with van der Waals surface area (Å²) in [6.45, 7) is 9.13. The van der Waals surface area contributed by atoms with Crippen molar-refractivity contribution in [1.82, 2.24) is 15.2 Å². The molecule has 0 bridgehead atoms. The van der Waals surface area contributed by atoms with Gasteiger partial charge in [-0.05, 0) is 86.9 Å². The summed E-state index contributed by atoms with van der Waals surface area (Å²) in [6.07, 6.45) is 4.45. The van der Waals surface area contributed by atoms with E-state index in [1.165, 1.54) is 16.8 Å². The number of hydrogen-bond donors (Lipinski definition) is 2. The second-order valence-corrected chi connectivity index (χ2v) is 11.1. The molecule has 7 heteroatoms. The first-order chi connectivity index (χ1) is 18.2. The van der Waals surface area contributed by atoms with Gasteiger partial charge in [-0.15, -0.1) is 0 Å². The molecule has 5 rings (SSSR count). The minimum atomic E-state index is -0.122. The van der Waals surface area contributed by atoms with Gasteiger partial charge in [0.05, 0.1) is 23.3 Å². The fraction of sp³-hybridized carbons (Fsp3) is 0.323. The van der Waals surface area contributed by atoms with Crippen molar-refractivity contribution in [3.8, 4) is 0 Å². The van der Waals surface area contributed by atoms with Gasteiger partial charge in [0, 0.05) is 43.1 Å². The highest BCUT2D eigenvalue weighted by Gasteiger charge is 2.40. The molecule has 1 fully saturated rings. The number of carbonyl (C=O) groups excluding carboxylic acids is 1. The molecule has 2 unspecified atom stereocenters. The number of aryl methyl sites for hydroxylation is 1. The predicted octanol–water partition coefficient (Wildman–Crippen LogP) is 6.02. The quantitative estimate of drug-likeness (QED) is 0.384. The minimum absolute atomic E-state index is 0.0322. The van der Waals surface area contributed by atoms with Crippen LogP contribution in [0.2, 0.25) is 0 Å². The summed E-state index contributed by atoms with van der Waals surface area (Å²) in [6, 6.07) is 20.2. The zero-order chi connectivity index (χ0) is 27.0. The molecule has 38 heavy (non-hydrogen) atoms. The average molecular weight is 526 g/mol. The van der Waals surface area contributed by atoms with E-state index in [4.69, 9.17) is 12.2 Å². The Morgan fingerprint density at radius 3 is 2.61 bits per heavy atom. The number of allylic oxidation sites excluding steroid dienone is 1. The zero-order valence-corrected chi connectivity index (χ0v) is 23.5. The number of anilines is 2. The normalized spacial score (nSPS) is 20.0. The van der Waals surface area contributed by atoms with E-state index < -0.39 is 0 Å². The molecule has 196 valence electrons. The van der Waals surface area contributed by atoms with Crippen molar-refractivity contribution in [2.75, 3.05) is 23.8 Å². The highest BCUT2D eigenvalue weighted by Crippen LogP contribution is 2.43. The largest absolute Gasteiger partial charge is 0.366 e. The minimum Gasteiger partial charge on any atom is -0.366 e. The second kappa shape index (κ2) is 10.2. The van der Waals surface area contributed by atoms with E-state index in [1.807, 2.05) is 55.6 Å². The summed E-state index contributed by atoms with van der Waals surface area (Å²) in [7, 11) is 2.14. The molecular formula is C31H35N5OS. The maximum atomic E-state index is 12.9. The highest BCUT2D eigenvalue weighted by molar-refractivity contribution is 7.80. The molecule has 0 saturated carbocycles. The number of nitrogens with one attached hydrogen (secondary N) is 2. The third kappa shape index (κ3) is 4.90. The maximum Gasteiger partial charge on any atom is 0.226 e. The average Bonchev–Trinajstić information content (AvgIpc) is 3.23. The molecule has 2 N–H and O–H groups in total. The van der Waals surface area contributed by atoms with E-state index in [-0.39, 0.29) is 23.5 Å². The summed E-state index contributed by atoms with van der Waals surface area (Å²) in [5.74, 6) is -0.0322. The Hall–Kier alpha value is -3.71. The van der Waals surface area contributed by atoms with Crippen LogP contribution in [0.15, 0.2) is 72.9 Å². The Bertz CT molecular complexity index is 1400. The molecule has 1 aromatic heterocycles. The van der Waals surface area contributed by atoms with Crippen molar-refractivity contribution in [3.63, 3.8) is 0 Å². The van der Waals surface area contributed by atoms with Crippen LogP contribution >= 0.6 is 12.2 Å². The third-order valence-corrected chi connectivity index (χ3v) is 8.13. The number of carbonyl (C=O) groups is 1. The number of pyridine rings is 1. The molecule has 2 aromatic carbocycles. The fourth-order valence-corrected chi connectivity index (χ4v) is 5.85. The van der Waals surface area contributed by atoms with Crippen molar-refractivity contribution >= 4 is 40.2 Å². The molecule has 0 aliphatic carbocycles. The number of fused-ring (bicyclic) bond motifs is 1. The summed E-state index contributed by atoms with van der Waals surface area (Å²) in [4.78, 5) is 22.0. The van der Waals surface area contributed by atoms with E-state index in [9.17, 15) is 4.79 Å². The zero-order valence-electron chi connectivity index (χ0n) is 22.7. The second-order valence-electron chi connectivity index (χ2n) is 10.7. The molecule has 2 aliphatic rings. The summed E-state index contributed by atoms with van der Waals surface area (Å²) in [5, 5.41) is 7.19. The van der Waals surface area contributed by atoms with Gasteiger partial charge in [-0.2, -0.15) is 0 Å². The van der Waals surface area contributed by atoms with Gasteiger partial charge in [0.1, 0.15) is 0 Å². The number of rotatable bonds is 6. The molecule has 3 heterocycles. The van der Waals surface area contributed by atoms with Gasteiger partial charge in [0.25, 0.3) is 0 Å². The first-order valence-electron chi connectivity index (χ1n) is 13.1. The van der Waals surface area contributed by atoms with E-state index in [2.05, 4.69) is 77.5 Å². The van der Waals surface area contributed by atoms with E-state index in [1.54, 1.807) is 0 Å². The van der Waals surface area contributed by atoms with Crippen LogP contribution in [-0.4, -0.2) is 40.0 Å². The lowest BCUT2D eigenvalue weighted by Crippen LogP contribution is -2.42. The molecule has 2 aliphatic heterocycles. The van der Waals surface area contributed by atoms with E-state index in [0.717, 1.165) is 22.5 Å². The molecule has 3 aromatic rings. The van der Waals surface area contributed by atoms with Crippen molar-refractivity contribution in [2.24, 2.45) is 0 Å². The number of likely N-dealkylation sites (N-methyl/N-ethyl adjacent to an activating group) is 1. The van der Waals surface area contributed by atoms with Crippen LogP contribution in [0.25, 0.3) is 5.57 Å². The molecule has 2 atom stereocenters. The summed E-state index contributed by atoms with van der Waals surface area (Å²) in [5.41, 5.74) is 7.59. The Kier molecular flexibility index (Phi) is 6.97. The standard InChI is InChI=1S/C31H35N5OS/c1-20-10-6-7-11-24(20)33-27(37)15-17-36-29(28(34-30(36)38)25-12-8-9-16-32-25)22-13-14-26-23(18-22)21(2)19-31(3,4)35(26)5/h6-14,16,18-19,28-29H,15,17H2,1-5H3,(H,33,37)(H,34,38). The number of amides is 1. The van der Waals surface area contributed by atoms with Gasteiger partial charge < -0.3 is 20.4 Å². The smallest absolute Gasteiger partial charge is 0.226 e. The van der Waals surface area contributed by atoms with Crippen LogP contribution in [0.1, 0.15) is 61.7 Å². The predicted molar refractivity (Wildman–Crippen MR) is 159 cm³/mol. The third-order valence-electron chi connectivity index (χ3n) is 7.78. The van der Waals surface area contributed by atoms with E-state index in [0.29, 0.717) is 18.1 Å². The number of hydrogen-bond acceptors (Lipinski definition) is 4. The molecule has 1 saturated heterocycles. The molecule has 0 spiro atoms. The van der Waals surface area contributed by atoms with Crippen molar-refractivity contribution in [3.05, 3.63) is 95.3 Å². The van der Waals surface area contributed by atoms with Crippen molar-refractivity contribution in [2.45, 2.75) is 51.7 Å². The van der Waals surface area contributed by atoms with Gasteiger partial charge in [-0.3, -0.25) is 9.78 Å². The first kappa shape index (κ1) is 25.9. The van der Waals surface area contributed by atoms with Gasteiger partial charge >= 0.3 is 0 Å². The van der Waals surface area contributed by atoms with Gasteiger partial charge in [-0.25, -0.2) is 0 Å². The number of thiocarbonyl (C=S) groups is 1. The van der Waals surface area contributed by atoms with Crippen LogP contribution in [0.4, 0.5) is 11.4 Å². The number of aromatic nitrogens is 1. The molecule has 0 radical (unpaired) electrons. The summed E-state index contributed by atoms with van der Waals surface area (Å²) < 4.78 is 0. The Balaban J connectivity index is 1.46. The van der Waals surface area contributed by atoms with Crippen LogP contribution in [0.5, 0.6) is 0 Å². The Labute approximate surface area is 230 Å². The topological polar surface area (TPSA) is 60.5 Å². The lowest BCUT2D eigenvalue weighted by molar-refractivity contribution is -0.116. The van der Waals surface area contributed by atoms with Crippen molar-refractivity contribution in [1.29, 1.82) is 0 Å². The Morgan fingerprint density at radius 1 is 1.11 bits per heavy atom. The molecule has 6 nitrogen and oxygen atoms in total. The first-order valence-corrected chi connectivity index (χ1v) is 13.5. The van der Waals surface area contributed by atoms with Crippen molar-refractivity contribution < 1.29 is 4.79 Å². The van der Waals surface area contributed by atoms with Gasteiger partial charge in [0.2, 0.25) is 5.91 Å². The van der Waals surface area contributed by atoms with Crippen LogP contribution in [0, 0.1) is 6.92 Å². The highest BCUT2D eigenvalue weighted by atomic mass is 32.1. The van der Waals surface area contributed by atoms with Crippen LogP contribution < -0.4 is 15.5 Å². The number of benzene rings is 2. The Morgan fingerprint density at radius 2 is 1.87 bits per heavy atom. The van der Waals surface area contributed by atoms with Crippen LogP contribution in [0.3, 0.4) is 0 Å². The lowest BCUT2D eigenvalue weighted by atomic mass is 9.86. The maximum absolute atomic E-state index is 12.9. The number of para-hydroxylation sites is 1. The van der Waals surface area contributed by atoms with Gasteiger partial charge in [0.15, 0.2) is 5.11 Å². The monoisotopic (exact) mass is 525 g/mol. The summed E-state index contributed by atoms with van der Waals surface area (Å²) >= 11 is 5.83. The lowest BCUT2D eigenvalue weighted by Gasteiger charge is -2.41. The SMILES string of the molecule is CC1=CC(C)(C)N(C)c2ccc(C3C(c4ccccn4)NC(=S)N3CCC(=O)Nc3ccccc3C)cc21. The fourth-order valence-electron chi connectivity index (χ4n) is 5.52. The van der Waals surface area contributed by atoms with E-state index >= 15 is 0 Å². The van der Waals surface area contributed by atoms with Crippen LogP contribution in [-0.2, 0) is 4.79 Å². The molecular weight excluding hydrogens is 490 g/mol. The molecule has 1 amide bonds.